The number of rotatable bonds is 7. The number of halogens is 1. The number of aromatic nitrogens is 3. The Morgan fingerprint density at radius 2 is 1.85 bits per heavy atom. The molecule has 12 nitrogen and oxygen atoms in total. The molecule has 47 heavy (non-hydrogen) atoms. The maximum atomic E-state index is 14.4. The fraction of sp³-hybridized carbons (Fsp3) is 0.618. The minimum Gasteiger partial charge on any atom is -0.388 e. The molecule has 0 spiro atoms. The van der Waals surface area contributed by atoms with Gasteiger partial charge in [-0.05, 0) is 37.6 Å². The molecule has 3 fully saturated rings. The van der Waals surface area contributed by atoms with E-state index in [1.807, 2.05) is 9.42 Å². The number of aliphatic hydroxyl groups excluding tert-OH is 2. The molecule has 4 aliphatic heterocycles. The number of carbonyl (C=O) groups excluding carboxylic acids is 1. The van der Waals surface area contributed by atoms with E-state index in [-0.39, 0.29) is 36.9 Å². The first-order valence-electron chi connectivity index (χ1n) is 16.8. The molecule has 13 heteroatoms. The molecule has 0 aliphatic carbocycles. The minimum absolute atomic E-state index is 0.0455. The number of hydrogen-bond acceptors (Lipinski definition) is 10. The lowest BCUT2D eigenvalue weighted by molar-refractivity contribution is -0.121. The van der Waals surface area contributed by atoms with Gasteiger partial charge in [0.25, 0.3) is 0 Å². The van der Waals surface area contributed by atoms with Gasteiger partial charge in [-0.3, -0.25) is 14.6 Å². The second-order valence-electron chi connectivity index (χ2n) is 14.6. The maximum Gasteiger partial charge on any atom is 0.245 e. The molecule has 3 saturated heterocycles. The molecule has 1 aromatic carbocycles. The van der Waals surface area contributed by atoms with E-state index in [0.717, 1.165) is 61.9 Å². The second kappa shape index (κ2) is 12.7. The third-order valence-corrected chi connectivity index (χ3v) is 10.3. The summed E-state index contributed by atoms with van der Waals surface area (Å²) in [4.78, 5) is 27.8. The Bertz CT molecular complexity index is 1610. The zero-order valence-electron chi connectivity index (χ0n) is 27.8. The molecule has 1 amide bonds. The Balaban J connectivity index is 1.23. The van der Waals surface area contributed by atoms with Crippen molar-refractivity contribution in [3.8, 4) is 0 Å². The molecular formula is C34H47FN8O4. The average molecular weight is 651 g/mol. The number of β-amino-alcohol motifs (C(OH)–C–C–N with tert-alkyl or cyclic N) is 2. The average Bonchev–Trinajstić information content (AvgIpc) is 3.69. The summed E-state index contributed by atoms with van der Waals surface area (Å²) in [5.74, 6) is 0.167. The normalized spacial score (nSPS) is 28.4. The zero-order chi connectivity index (χ0) is 33.0. The van der Waals surface area contributed by atoms with Crippen LogP contribution >= 0.6 is 0 Å². The highest BCUT2D eigenvalue weighted by molar-refractivity contribution is 5.98. The Morgan fingerprint density at radius 1 is 1.11 bits per heavy atom. The van der Waals surface area contributed by atoms with E-state index < -0.39 is 17.6 Å². The number of ether oxygens (including phenoxy) is 1. The second-order valence-corrected chi connectivity index (χ2v) is 14.6. The van der Waals surface area contributed by atoms with Crippen molar-refractivity contribution in [1.82, 2.24) is 29.7 Å². The van der Waals surface area contributed by atoms with Gasteiger partial charge in [0.15, 0.2) is 5.65 Å². The zero-order valence-corrected chi connectivity index (χ0v) is 27.8. The van der Waals surface area contributed by atoms with Gasteiger partial charge in [-0.2, -0.15) is 4.98 Å². The summed E-state index contributed by atoms with van der Waals surface area (Å²) in [6.45, 7) is 14.7. The van der Waals surface area contributed by atoms with Crippen molar-refractivity contribution < 1.29 is 24.1 Å². The molecule has 7 rings (SSSR count). The van der Waals surface area contributed by atoms with E-state index >= 15 is 0 Å². The number of pyridine rings is 1. The van der Waals surface area contributed by atoms with Crippen LogP contribution < -0.4 is 15.1 Å². The van der Waals surface area contributed by atoms with Gasteiger partial charge in [-0.15, -0.1) is 5.10 Å². The fourth-order valence-corrected chi connectivity index (χ4v) is 7.68. The van der Waals surface area contributed by atoms with Gasteiger partial charge in [0.05, 0.1) is 43.3 Å². The summed E-state index contributed by atoms with van der Waals surface area (Å²) >= 11 is 0. The van der Waals surface area contributed by atoms with Gasteiger partial charge in [-0.1, -0.05) is 26.0 Å². The van der Waals surface area contributed by atoms with E-state index in [1.165, 1.54) is 12.1 Å². The molecule has 2 aromatic heterocycles. The van der Waals surface area contributed by atoms with Crippen LogP contribution in [0.15, 0.2) is 30.3 Å². The lowest BCUT2D eigenvalue weighted by atomic mass is 9.90. The molecule has 6 heterocycles. The van der Waals surface area contributed by atoms with E-state index in [1.54, 1.807) is 17.0 Å². The number of nitrogens with one attached hydrogen (secondary N) is 1. The van der Waals surface area contributed by atoms with Gasteiger partial charge in [0, 0.05) is 81.3 Å². The predicted molar refractivity (Wildman–Crippen MR) is 176 cm³/mol. The highest BCUT2D eigenvalue weighted by Crippen LogP contribution is 2.42. The van der Waals surface area contributed by atoms with Gasteiger partial charge < -0.3 is 30.1 Å². The molecule has 4 aliphatic rings. The van der Waals surface area contributed by atoms with Crippen LogP contribution in [0.2, 0.25) is 0 Å². The number of carbonyl (C=O) groups is 1. The number of anilines is 2. The molecule has 0 radical (unpaired) electrons. The van der Waals surface area contributed by atoms with Crippen molar-refractivity contribution in [2.24, 2.45) is 0 Å². The number of morpholine rings is 1. The van der Waals surface area contributed by atoms with Crippen LogP contribution in [0.1, 0.15) is 44.5 Å². The van der Waals surface area contributed by atoms with Crippen LogP contribution in [0.5, 0.6) is 0 Å². The lowest BCUT2D eigenvalue weighted by Crippen LogP contribution is -2.62. The molecule has 3 aromatic rings. The van der Waals surface area contributed by atoms with Crippen molar-refractivity contribution in [3.05, 3.63) is 53.0 Å². The number of aliphatic hydroxyl groups is 2. The number of hydrogen-bond donors (Lipinski definition) is 3. The highest BCUT2D eigenvalue weighted by Gasteiger charge is 2.43. The first-order chi connectivity index (χ1) is 22.5. The third kappa shape index (κ3) is 6.36. The summed E-state index contributed by atoms with van der Waals surface area (Å²) in [6.07, 6.45) is -1.28. The van der Waals surface area contributed by atoms with Crippen LogP contribution in [-0.2, 0) is 21.4 Å². The van der Waals surface area contributed by atoms with Gasteiger partial charge >= 0.3 is 0 Å². The van der Waals surface area contributed by atoms with Crippen LogP contribution in [0.4, 0.5) is 16.0 Å². The van der Waals surface area contributed by atoms with E-state index in [9.17, 15) is 19.4 Å². The fourth-order valence-electron chi connectivity index (χ4n) is 7.68. The van der Waals surface area contributed by atoms with Crippen LogP contribution in [0, 0.1) is 5.82 Å². The smallest absolute Gasteiger partial charge is 0.245 e. The minimum atomic E-state index is -0.876. The van der Waals surface area contributed by atoms with Crippen molar-refractivity contribution in [2.75, 3.05) is 75.4 Å². The Kier molecular flexibility index (Phi) is 8.73. The quantitative estimate of drug-likeness (QED) is 0.342. The van der Waals surface area contributed by atoms with Gasteiger partial charge in [0.1, 0.15) is 5.82 Å². The highest BCUT2D eigenvalue weighted by atomic mass is 19.1. The maximum absolute atomic E-state index is 14.4. The van der Waals surface area contributed by atoms with E-state index in [2.05, 4.69) is 48.9 Å². The first-order valence-corrected chi connectivity index (χ1v) is 16.8. The van der Waals surface area contributed by atoms with Crippen LogP contribution in [0.25, 0.3) is 5.65 Å². The monoisotopic (exact) mass is 650 g/mol. The summed E-state index contributed by atoms with van der Waals surface area (Å²) < 4.78 is 21.3. The van der Waals surface area contributed by atoms with Crippen molar-refractivity contribution in [2.45, 2.75) is 69.9 Å². The predicted octanol–water partition coefficient (Wildman–Crippen LogP) is 1.01. The Hall–Kier alpha value is -3.20. The van der Waals surface area contributed by atoms with Crippen molar-refractivity contribution >= 4 is 23.2 Å². The number of nitrogens with zero attached hydrogens (tertiary/aromatic N) is 7. The molecule has 3 N–H and O–H groups in total. The molecule has 5 atom stereocenters. The van der Waals surface area contributed by atoms with Crippen molar-refractivity contribution in [1.29, 1.82) is 0 Å². The molecule has 254 valence electrons. The molecule has 0 unspecified atom stereocenters. The summed E-state index contributed by atoms with van der Waals surface area (Å²) in [7, 11) is 0. The third-order valence-electron chi connectivity index (χ3n) is 10.3. The number of piperazine rings is 1. The van der Waals surface area contributed by atoms with Gasteiger partial charge in [-0.25, -0.2) is 8.91 Å². The molecular weight excluding hydrogens is 603 g/mol. The summed E-state index contributed by atoms with van der Waals surface area (Å²) in [5.41, 5.74) is 3.71. The lowest BCUT2D eigenvalue weighted by Gasteiger charge is -2.43. The molecule has 0 saturated carbocycles. The van der Waals surface area contributed by atoms with E-state index in [0.29, 0.717) is 37.1 Å². The summed E-state index contributed by atoms with van der Waals surface area (Å²) in [6, 6.07) is 9.30. The van der Waals surface area contributed by atoms with Crippen LogP contribution in [-0.4, -0.2) is 136 Å². The topological polar surface area (TPSA) is 122 Å². The largest absolute Gasteiger partial charge is 0.388 e. The summed E-state index contributed by atoms with van der Waals surface area (Å²) in [5, 5.41) is 29.0. The standard InChI is InChI=1S/C34H47FN8O4/c1-21-14-40(26(13-36-21)15-39-9-10-47-19-22(39)2)18-30(46)42-20-34(3,4)31-27(42)12-24(11-23-5-7-25(35)8-6-23)32-37-33(38-43(31)32)41-16-28(44)29(45)17-41/h5-8,12,21-22,26,28-29,36,44-45H,9-11,13-20H2,1-4H3/t21-,22-,26-,28-,29-/m1/s1. The number of amides is 1. The van der Waals surface area contributed by atoms with Crippen LogP contribution in [0.3, 0.4) is 0 Å². The van der Waals surface area contributed by atoms with Crippen molar-refractivity contribution in [3.63, 3.8) is 0 Å². The Morgan fingerprint density at radius 3 is 2.57 bits per heavy atom. The van der Waals surface area contributed by atoms with E-state index in [4.69, 9.17) is 14.8 Å². The molecule has 0 bridgehead atoms. The van der Waals surface area contributed by atoms with Gasteiger partial charge in [0.2, 0.25) is 11.9 Å². The SMILES string of the molecule is C[C@@H]1CN(CC(=O)N2CC(C)(C)c3c2cc(Cc2ccc(F)cc2)c2nc(N4C[C@@H](O)[C@H](O)C4)nn32)[C@@H](CN2CCOC[C@H]2C)CN1. The first kappa shape index (κ1) is 32.4. The number of benzene rings is 1. The number of fused-ring (bicyclic) bond motifs is 3. The Labute approximate surface area is 275 Å².